The van der Waals surface area contributed by atoms with Crippen LogP contribution >= 0.6 is 7.82 Å². The van der Waals surface area contributed by atoms with Gasteiger partial charge in [-0.05, 0) is 6.42 Å². The van der Waals surface area contributed by atoms with Crippen molar-refractivity contribution in [1.82, 2.24) is 39.0 Å². The summed E-state index contributed by atoms with van der Waals surface area (Å²) in [6.45, 7) is -0.489. The smallest absolute Gasteiger partial charge is 0.388 e. The molecule has 4 aromatic rings. The summed E-state index contributed by atoms with van der Waals surface area (Å²) < 4.78 is 44.2. The van der Waals surface area contributed by atoms with Crippen molar-refractivity contribution < 1.29 is 42.9 Å². The molecule has 2 bridgehead atoms. The third kappa shape index (κ3) is 4.44. The third-order valence-corrected chi connectivity index (χ3v) is 8.45. The molecule has 20 nitrogen and oxygen atoms in total. The van der Waals surface area contributed by atoms with Gasteiger partial charge in [-0.2, -0.15) is 4.98 Å². The fourth-order valence-corrected chi connectivity index (χ4v) is 6.43. The molecule has 4 aromatic heterocycles. The van der Waals surface area contributed by atoms with Gasteiger partial charge in [0, 0.05) is 5.92 Å². The number of ether oxygens (including phenoxy) is 3. The molecule has 0 spiro atoms. The maximum atomic E-state index is 13.1. The fraction of sp³-hybridized carbons (Fsp3) is 0.524. The zero-order valence-electron chi connectivity index (χ0n) is 21.4. The van der Waals surface area contributed by atoms with Crippen LogP contribution in [0.4, 0.5) is 11.8 Å². The van der Waals surface area contributed by atoms with Gasteiger partial charge < -0.3 is 40.8 Å². The van der Waals surface area contributed by atoms with E-state index in [0.29, 0.717) is 11.2 Å². The van der Waals surface area contributed by atoms with Crippen molar-refractivity contribution in [3.05, 3.63) is 29.3 Å². The summed E-state index contributed by atoms with van der Waals surface area (Å²) in [6.07, 6.45) is -4.78. The molecule has 0 saturated carbocycles. The summed E-state index contributed by atoms with van der Waals surface area (Å²) in [7, 11) is -4.90. The normalized spacial score (nSPS) is 35.7. The number of nitrogens with one attached hydrogen (secondary N) is 1. The molecule has 8 N–H and O–H groups in total. The zero-order chi connectivity index (χ0) is 29.3. The van der Waals surface area contributed by atoms with Crippen LogP contribution in [-0.4, -0.2) is 98.1 Å². The first-order chi connectivity index (χ1) is 20.1. The van der Waals surface area contributed by atoms with Gasteiger partial charge in [0.25, 0.3) is 5.56 Å². The lowest BCUT2D eigenvalue weighted by atomic mass is 9.95. The Kier molecular flexibility index (Phi) is 6.49. The maximum Gasteiger partial charge on any atom is 0.472 e. The number of aromatic amines is 1. The number of imidazole rings is 2. The molecule has 3 saturated heterocycles. The van der Waals surface area contributed by atoms with Gasteiger partial charge >= 0.3 is 7.82 Å². The van der Waals surface area contributed by atoms with Crippen LogP contribution in [0.25, 0.3) is 22.3 Å². The molecule has 0 radical (unpaired) electrons. The number of phosphoric ester groups is 1. The first-order valence-electron chi connectivity index (χ1n) is 12.7. The molecule has 3 aliphatic rings. The van der Waals surface area contributed by atoms with Crippen LogP contribution in [-0.2, 0) is 27.8 Å². The first kappa shape index (κ1) is 27.3. The SMILES string of the molecule is Nc1nc2c(ncn2[C@@H]2OC3OCC[C@H]4[C@@H](O)[C@H](n5cnc6c(N)ncnc65)O[C@@H]4COP(=O)(O)O[C@@H]2[C@@H]3O)c(=O)[nH]1. The molecular weight excluding hydrogens is 583 g/mol. The number of aromatic nitrogens is 8. The van der Waals surface area contributed by atoms with E-state index >= 15 is 0 Å². The number of anilines is 2. The summed E-state index contributed by atoms with van der Waals surface area (Å²) in [5, 5.41) is 22.2. The monoisotopic (exact) mass is 608 g/mol. The van der Waals surface area contributed by atoms with E-state index in [-0.39, 0.29) is 36.0 Å². The average molecular weight is 608 g/mol. The minimum atomic E-state index is -4.90. The number of H-pyrrole nitrogens is 1. The molecule has 0 aliphatic carbocycles. The number of nitrogens with zero attached hydrogens (tertiary/aromatic N) is 7. The lowest BCUT2D eigenvalue weighted by Gasteiger charge is -2.26. The topological polar surface area (TPSA) is 283 Å². The summed E-state index contributed by atoms with van der Waals surface area (Å²) >= 11 is 0. The van der Waals surface area contributed by atoms with E-state index in [0.717, 1.165) is 0 Å². The Bertz CT molecular complexity index is 1760. The van der Waals surface area contributed by atoms with E-state index in [4.69, 9.17) is 34.7 Å². The lowest BCUT2D eigenvalue weighted by Crippen LogP contribution is -2.37. The molecule has 42 heavy (non-hydrogen) atoms. The van der Waals surface area contributed by atoms with E-state index in [1.807, 2.05) is 0 Å². The van der Waals surface area contributed by atoms with Crippen molar-refractivity contribution in [1.29, 1.82) is 0 Å². The Balaban J connectivity index is 1.17. The summed E-state index contributed by atoms with van der Waals surface area (Å²) in [5.41, 5.74) is 11.5. The second kappa shape index (κ2) is 10.0. The summed E-state index contributed by atoms with van der Waals surface area (Å²) in [6, 6.07) is 0. The maximum absolute atomic E-state index is 13.1. The fourth-order valence-electron chi connectivity index (χ4n) is 5.49. The van der Waals surface area contributed by atoms with E-state index < -0.39 is 69.1 Å². The average Bonchev–Trinajstić information content (AvgIpc) is 3.69. The molecule has 2 unspecified atom stereocenters. The van der Waals surface area contributed by atoms with Gasteiger partial charge in [0.2, 0.25) is 5.95 Å². The summed E-state index contributed by atoms with van der Waals surface area (Å²) in [4.78, 5) is 45.6. The molecular formula is C21H25N10O10P. The van der Waals surface area contributed by atoms with Crippen LogP contribution in [0.5, 0.6) is 0 Å². The molecule has 9 atom stereocenters. The van der Waals surface area contributed by atoms with Crippen LogP contribution in [0.3, 0.4) is 0 Å². The highest BCUT2D eigenvalue weighted by Crippen LogP contribution is 2.51. The van der Waals surface area contributed by atoms with Gasteiger partial charge in [0.15, 0.2) is 41.4 Å². The highest BCUT2D eigenvalue weighted by atomic mass is 31.2. The van der Waals surface area contributed by atoms with Gasteiger partial charge in [-0.25, -0.2) is 24.5 Å². The number of aliphatic hydroxyl groups is 2. The predicted molar refractivity (Wildman–Crippen MR) is 137 cm³/mol. The van der Waals surface area contributed by atoms with E-state index in [9.17, 15) is 24.5 Å². The first-order valence-corrected chi connectivity index (χ1v) is 14.2. The Labute approximate surface area is 233 Å². The number of aliphatic hydroxyl groups excluding tert-OH is 2. The number of rotatable bonds is 2. The third-order valence-electron chi connectivity index (χ3n) is 7.47. The molecule has 3 fully saturated rings. The van der Waals surface area contributed by atoms with Crippen LogP contribution in [0.2, 0.25) is 0 Å². The number of hydrogen-bond donors (Lipinski definition) is 6. The minimum Gasteiger partial charge on any atom is -0.388 e. The van der Waals surface area contributed by atoms with Crippen molar-refractivity contribution in [2.75, 3.05) is 24.7 Å². The Hall–Kier alpha value is -3.59. The van der Waals surface area contributed by atoms with Crippen molar-refractivity contribution >= 4 is 41.9 Å². The van der Waals surface area contributed by atoms with Crippen molar-refractivity contribution in [3.63, 3.8) is 0 Å². The highest BCUT2D eigenvalue weighted by Gasteiger charge is 2.52. The van der Waals surface area contributed by atoms with Gasteiger partial charge in [-0.3, -0.25) is 28.0 Å². The number of nitrogen functional groups attached to an aromatic ring is 2. The van der Waals surface area contributed by atoms with Gasteiger partial charge in [0.05, 0.1) is 32.0 Å². The van der Waals surface area contributed by atoms with E-state index in [1.165, 1.54) is 28.1 Å². The minimum absolute atomic E-state index is 0.0168. The van der Waals surface area contributed by atoms with E-state index in [2.05, 4.69) is 29.9 Å². The Morgan fingerprint density at radius 3 is 2.57 bits per heavy atom. The zero-order valence-corrected chi connectivity index (χ0v) is 22.3. The van der Waals surface area contributed by atoms with Crippen LogP contribution < -0.4 is 17.0 Å². The largest absolute Gasteiger partial charge is 0.472 e. The molecule has 3 aliphatic heterocycles. The van der Waals surface area contributed by atoms with Crippen LogP contribution in [0.15, 0.2) is 23.8 Å². The van der Waals surface area contributed by atoms with Gasteiger partial charge in [-0.15, -0.1) is 0 Å². The number of fused-ring (bicyclic) bond motifs is 5. The molecule has 0 aromatic carbocycles. The van der Waals surface area contributed by atoms with Crippen molar-refractivity contribution in [3.8, 4) is 0 Å². The standard InChI is InChI=1S/C21H25N10O10P/c22-14-9-15(25-4-24-14)30(5-26-9)18-11(32)7-1-2-37-20-12(33)13(41-42(35,36)38-3-8(7)39-18)19(40-20)31-6-27-10-16(31)28-21(23)29-17(10)34/h4-8,11-13,18-20,32-33H,1-3H2,(H,35,36)(H2,22,24,25)(H3,23,28,29,34)/t7-,8-,11-,12+,13-,18-,19-,20?/m1/s1. The lowest BCUT2D eigenvalue weighted by molar-refractivity contribution is -0.178. The number of hydrogen-bond acceptors (Lipinski definition) is 16. The van der Waals surface area contributed by atoms with Gasteiger partial charge in [-0.1, -0.05) is 0 Å². The van der Waals surface area contributed by atoms with Crippen molar-refractivity contribution in [2.24, 2.45) is 5.92 Å². The highest BCUT2D eigenvalue weighted by molar-refractivity contribution is 7.47. The number of phosphoric acid groups is 1. The van der Waals surface area contributed by atoms with Crippen LogP contribution in [0, 0.1) is 5.92 Å². The summed E-state index contributed by atoms with van der Waals surface area (Å²) in [5.74, 6) is -0.717. The molecule has 7 rings (SSSR count). The Morgan fingerprint density at radius 1 is 1.00 bits per heavy atom. The second-order valence-electron chi connectivity index (χ2n) is 9.96. The quantitative estimate of drug-likeness (QED) is 0.136. The Morgan fingerprint density at radius 2 is 1.76 bits per heavy atom. The molecule has 7 heterocycles. The van der Waals surface area contributed by atoms with E-state index in [1.54, 1.807) is 0 Å². The van der Waals surface area contributed by atoms with Crippen molar-refractivity contribution in [2.45, 2.75) is 49.6 Å². The predicted octanol–water partition coefficient (Wildman–Crippen LogP) is -1.86. The molecule has 224 valence electrons. The van der Waals surface area contributed by atoms with Crippen LogP contribution in [0.1, 0.15) is 18.9 Å². The van der Waals surface area contributed by atoms with Gasteiger partial charge in [0.1, 0.15) is 30.2 Å². The molecule has 0 amide bonds. The molecule has 21 heteroatoms. The number of nitrogens with two attached hydrogens (primary N) is 2. The second-order valence-corrected chi connectivity index (χ2v) is 11.4.